The molecule has 2 aromatic rings. The molecule has 4 aliphatic rings. The number of hydrogen-bond donors (Lipinski definition) is 1. The fourth-order valence-corrected chi connectivity index (χ4v) is 6.25. The van der Waals surface area contributed by atoms with Crippen LogP contribution < -0.4 is 5.32 Å². The minimum atomic E-state index is -0.530. The van der Waals surface area contributed by atoms with Gasteiger partial charge in [0.05, 0.1) is 11.6 Å². The molecule has 7 nitrogen and oxygen atoms in total. The Morgan fingerprint density at radius 1 is 0.950 bits per heavy atom. The van der Waals surface area contributed by atoms with E-state index in [0.29, 0.717) is 11.9 Å². The van der Waals surface area contributed by atoms with Crippen molar-refractivity contribution in [1.82, 2.24) is 10.2 Å². The Labute approximate surface area is 237 Å². The zero-order chi connectivity index (χ0) is 27.7. The van der Waals surface area contributed by atoms with Gasteiger partial charge in [-0.05, 0) is 82.4 Å². The molecule has 40 heavy (non-hydrogen) atoms. The molecule has 2 saturated carbocycles. The minimum absolute atomic E-state index is 0.00386. The third-order valence-corrected chi connectivity index (χ3v) is 8.40. The van der Waals surface area contributed by atoms with Crippen LogP contribution in [0.25, 0.3) is 0 Å². The summed E-state index contributed by atoms with van der Waals surface area (Å²) in [5.74, 6) is 1.35. The van der Waals surface area contributed by atoms with Crippen LogP contribution in [0, 0.1) is 0 Å². The average molecular weight is 541 g/mol. The standard InChI is InChI=1S/C33H40N4O3/c1-32(2,3)40-31(38)36-33(20-10-21-33)25-17-15-23(16-18-25)28-29(24-11-6-4-7-12-24)37-22-19-27(34-30(37)35-28)39-26-13-8-5-9-14-26/h4,6-7,11-12,15-19,22,26,28-29H,5,8-10,13-14,20-21H2,1-3H3,(H,36,38). The SMILES string of the molecule is CC(C)(C)OC(=O)NC1(c2ccc(C3N=C4N=C(OC5CCCCC5)C=CN4C3c3ccccc3)cc2)CCC1. The number of hydrogen-bond acceptors (Lipinski definition) is 6. The van der Waals surface area contributed by atoms with Gasteiger partial charge in [0.15, 0.2) is 0 Å². The Kier molecular flexibility index (Phi) is 7.15. The molecule has 0 spiro atoms. The molecule has 0 saturated heterocycles. The lowest BCUT2D eigenvalue weighted by molar-refractivity contribution is 0.0377. The van der Waals surface area contributed by atoms with Gasteiger partial charge in [-0.1, -0.05) is 61.0 Å². The lowest BCUT2D eigenvalue weighted by Crippen LogP contribution is -2.52. The van der Waals surface area contributed by atoms with Crippen LogP contribution in [-0.4, -0.2) is 34.6 Å². The van der Waals surface area contributed by atoms with Gasteiger partial charge in [-0.2, -0.15) is 4.99 Å². The second-order valence-corrected chi connectivity index (χ2v) is 12.5. The molecule has 1 amide bonds. The van der Waals surface area contributed by atoms with E-state index >= 15 is 0 Å². The Morgan fingerprint density at radius 3 is 2.33 bits per heavy atom. The second kappa shape index (κ2) is 10.8. The summed E-state index contributed by atoms with van der Waals surface area (Å²) in [7, 11) is 0. The molecule has 0 radical (unpaired) electrons. The first-order chi connectivity index (χ1) is 19.3. The van der Waals surface area contributed by atoms with E-state index in [0.717, 1.165) is 43.2 Å². The van der Waals surface area contributed by atoms with Crippen LogP contribution in [0.15, 0.2) is 76.9 Å². The van der Waals surface area contributed by atoms with E-state index < -0.39 is 5.60 Å². The van der Waals surface area contributed by atoms with E-state index in [4.69, 9.17) is 19.5 Å². The van der Waals surface area contributed by atoms with Crippen molar-refractivity contribution in [3.63, 3.8) is 0 Å². The van der Waals surface area contributed by atoms with Gasteiger partial charge in [-0.25, -0.2) is 9.79 Å². The van der Waals surface area contributed by atoms with Crippen LogP contribution >= 0.6 is 0 Å². The fourth-order valence-electron chi connectivity index (χ4n) is 6.25. The summed E-state index contributed by atoms with van der Waals surface area (Å²) >= 11 is 0. The van der Waals surface area contributed by atoms with E-state index in [-0.39, 0.29) is 29.8 Å². The van der Waals surface area contributed by atoms with Crippen molar-refractivity contribution < 1.29 is 14.3 Å². The normalized spacial score (nSPS) is 23.9. The van der Waals surface area contributed by atoms with Crippen LogP contribution in [0.1, 0.15) is 101 Å². The predicted octanol–water partition coefficient (Wildman–Crippen LogP) is 7.32. The first kappa shape index (κ1) is 26.6. The van der Waals surface area contributed by atoms with E-state index in [1.807, 2.05) is 32.9 Å². The number of ether oxygens (including phenoxy) is 2. The van der Waals surface area contributed by atoms with E-state index in [9.17, 15) is 4.79 Å². The second-order valence-electron chi connectivity index (χ2n) is 12.5. The largest absolute Gasteiger partial charge is 0.474 e. The van der Waals surface area contributed by atoms with E-state index in [1.54, 1.807) is 0 Å². The molecule has 2 aliphatic heterocycles. The van der Waals surface area contributed by atoms with Crippen molar-refractivity contribution in [2.24, 2.45) is 9.98 Å². The summed E-state index contributed by atoms with van der Waals surface area (Å²) in [6, 6.07) is 19.0. The Hall–Kier alpha value is -3.61. The van der Waals surface area contributed by atoms with Crippen molar-refractivity contribution in [3.8, 4) is 0 Å². The molecule has 2 atom stereocenters. The predicted molar refractivity (Wildman–Crippen MR) is 157 cm³/mol. The molecule has 2 aliphatic carbocycles. The van der Waals surface area contributed by atoms with Crippen molar-refractivity contribution in [2.45, 2.75) is 101 Å². The molecule has 210 valence electrons. The van der Waals surface area contributed by atoms with Crippen LogP contribution in [0.2, 0.25) is 0 Å². The number of fused-ring (bicyclic) bond motifs is 1. The fraction of sp³-hybridized carbons (Fsp3) is 0.485. The van der Waals surface area contributed by atoms with Crippen LogP contribution in [-0.2, 0) is 15.0 Å². The maximum absolute atomic E-state index is 12.6. The smallest absolute Gasteiger partial charge is 0.408 e. The average Bonchev–Trinajstić information content (AvgIpc) is 3.30. The van der Waals surface area contributed by atoms with Gasteiger partial charge in [-0.3, -0.25) is 0 Å². The van der Waals surface area contributed by atoms with Gasteiger partial charge in [0.25, 0.3) is 0 Å². The van der Waals surface area contributed by atoms with Crippen molar-refractivity contribution in [3.05, 3.63) is 83.6 Å². The highest BCUT2D eigenvalue weighted by atomic mass is 16.6. The summed E-state index contributed by atoms with van der Waals surface area (Å²) in [4.78, 5) is 24.8. The topological polar surface area (TPSA) is 75.5 Å². The molecule has 0 aromatic heterocycles. The number of rotatable bonds is 5. The number of nitrogens with one attached hydrogen (secondary N) is 1. The molecule has 2 aromatic carbocycles. The highest BCUT2D eigenvalue weighted by Gasteiger charge is 2.42. The summed E-state index contributed by atoms with van der Waals surface area (Å²) in [5, 5.41) is 3.17. The summed E-state index contributed by atoms with van der Waals surface area (Å²) in [5.41, 5.74) is 2.50. The summed E-state index contributed by atoms with van der Waals surface area (Å²) in [6.07, 6.45) is 12.7. The molecule has 2 unspecified atom stereocenters. The Morgan fingerprint density at radius 2 is 1.68 bits per heavy atom. The van der Waals surface area contributed by atoms with E-state index in [2.05, 4.69) is 64.9 Å². The Balaban J connectivity index is 1.26. The molecule has 0 bridgehead atoms. The van der Waals surface area contributed by atoms with Crippen molar-refractivity contribution >= 4 is 18.0 Å². The lowest BCUT2D eigenvalue weighted by Gasteiger charge is -2.43. The molecule has 2 heterocycles. The van der Waals surface area contributed by atoms with Crippen LogP contribution in [0.3, 0.4) is 0 Å². The quantitative estimate of drug-likeness (QED) is 0.431. The number of alkyl carbamates (subject to hydrolysis) is 1. The number of aliphatic imine (C=N–C) groups is 2. The summed E-state index contributed by atoms with van der Waals surface area (Å²) < 4.78 is 11.8. The van der Waals surface area contributed by atoms with Gasteiger partial charge in [0.1, 0.15) is 17.7 Å². The number of benzene rings is 2. The molecular formula is C33H40N4O3. The van der Waals surface area contributed by atoms with Gasteiger partial charge < -0.3 is 19.7 Å². The first-order valence-corrected chi connectivity index (χ1v) is 14.8. The molecule has 1 N–H and O–H groups in total. The monoisotopic (exact) mass is 540 g/mol. The van der Waals surface area contributed by atoms with Gasteiger partial charge in [0, 0.05) is 12.3 Å². The molecule has 2 fully saturated rings. The van der Waals surface area contributed by atoms with Crippen molar-refractivity contribution in [1.29, 1.82) is 0 Å². The van der Waals surface area contributed by atoms with Crippen molar-refractivity contribution in [2.75, 3.05) is 0 Å². The van der Waals surface area contributed by atoms with Crippen LogP contribution in [0.4, 0.5) is 4.79 Å². The highest BCUT2D eigenvalue weighted by Crippen LogP contribution is 2.45. The Bertz CT molecular complexity index is 1300. The number of amides is 1. The maximum atomic E-state index is 12.6. The molecular weight excluding hydrogens is 500 g/mol. The minimum Gasteiger partial charge on any atom is -0.474 e. The van der Waals surface area contributed by atoms with Gasteiger partial charge in [-0.15, -0.1) is 0 Å². The number of nitrogens with zero attached hydrogens (tertiary/aromatic N) is 3. The van der Waals surface area contributed by atoms with Crippen LogP contribution in [0.5, 0.6) is 0 Å². The van der Waals surface area contributed by atoms with E-state index in [1.165, 1.54) is 24.8 Å². The third kappa shape index (κ3) is 5.51. The third-order valence-electron chi connectivity index (χ3n) is 8.40. The lowest BCUT2D eigenvalue weighted by atomic mass is 9.71. The zero-order valence-corrected chi connectivity index (χ0v) is 23.8. The number of carbonyl (C=O) groups excluding carboxylic acids is 1. The molecule has 7 heteroatoms. The maximum Gasteiger partial charge on any atom is 0.408 e. The zero-order valence-electron chi connectivity index (χ0n) is 23.8. The number of guanidine groups is 1. The highest BCUT2D eigenvalue weighted by molar-refractivity contribution is 6.02. The van der Waals surface area contributed by atoms with Gasteiger partial charge in [0.2, 0.25) is 11.9 Å². The number of carbonyl (C=O) groups is 1. The molecule has 6 rings (SSSR count). The first-order valence-electron chi connectivity index (χ1n) is 14.8. The van der Waals surface area contributed by atoms with Gasteiger partial charge >= 0.3 is 6.09 Å². The summed E-state index contributed by atoms with van der Waals surface area (Å²) in [6.45, 7) is 5.66.